The maximum absolute atomic E-state index is 5.50. The Morgan fingerprint density at radius 1 is 1.44 bits per heavy atom. The number of nitrogens with one attached hydrogen (secondary N) is 1. The molecule has 1 aliphatic rings. The smallest absolute Gasteiger partial charge is 0.236 e. The van der Waals surface area contributed by atoms with Crippen molar-refractivity contribution < 1.29 is 9.16 Å². The molecule has 0 bridgehead atoms. The molecule has 104 valence electrons. The summed E-state index contributed by atoms with van der Waals surface area (Å²) in [6, 6.07) is 0. The molecule has 0 aromatic heterocycles. The third-order valence-electron chi connectivity index (χ3n) is 2.63. The molecule has 0 amide bonds. The van der Waals surface area contributed by atoms with Crippen LogP contribution in [0, 0.1) is 0 Å². The van der Waals surface area contributed by atoms with Crippen molar-refractivity contribution >= 4 is 21.1 Å². The Morgan fingerprint density at radius 3 is 2.83 bits per heavy atom. The highest BCUT2D eigenvalue weighted by Gasteiger charge is 2.22. The van der Waals surface area contributed by atoms with Crippen molar-refractivity contribution in [3.63, 3.8) is 0 Å². The van der Waals surface area contributed by atoms with Gasteiger partial charge in [0.25, 0.3) is 0 Å². The Morgan fingerprint density at radius 2 is 2.22 bits per heavy atom. The number of hydrogen-bond acceptors (Lipinski definition) is 6. The normalized spacial score (nSPS) is 20.4. The number of methoxy groups -OCH3 is 1. The van der Waals surface area contributed by atoms with Crippen LogP contribution >= 0.6 is 0 Å². The summed E-state index contributed by atoms with van der Waals surface area (Å²) in [4.78, 5) is 11.2. The van der Waals surface area contributed by atoms with Gasteiger partial charge in [0.15, 0.2) is 6.29 Å². The van der Waals surface area contributed by atoms with Gasteiger partial charge in [-0.1, -0.05) is 13.8 Å². The van der Waals surface area contributed by atoms with Crippen LogP contribution < -0.4 is 5.32 Å². The van der Waals surface area contributed by atoms with E-state index in [1.54, 1.807) is 7.11 Å². The predicted octanol–water partition coefficient (Wildman–Crippen LogP) is 0.0838. The highest BCUT2D eigenvalue weighted by molar-refractivity contribution is 6.70. The van der Waals surface area contributed by atoms with E-state index in [-0.39, 0.29) is 6.29 Å². The van der Waals surface area contributed by atoms with Crippen LogP contribution in [0.15, 0.2) is 9.98 Å². The van der Waals surface area contributed by atoms with Gasteiger partial charge in [-0.25, -0.2) is 9.98 Å². The zero-order valence-corrected chi connectivity index (χ0v) is 13.2. The molecule has 0 saturated carbocycles. The lowest BCUT2D eigenvalue weighted by molar-refractivity contribution is 0.0553. The molecular formula is C11H24N4O2Si. The van der Waals surface area contributed by atoms with Gasteiger partial charge in [-0.15, -0.1) is 0 Å². The lowest BCUT2D eigenvalue weighted by Crippen LogP contribution is -2.50. The Bertz CT molecular complexity index is 309. The van der Waals surface area contributed by atoms with Crippen molar-refractivity contribution in [1.82, 2.24) is 10.2 Å². The van der Waals surface area contributed by atoms with E-state index >= 15 is 0 Å². The van der Waals surface area contributed by atoms with E-state index in [2.05, 4.69) is 34.0 Å². The molecule has 1 atom stereocenters. The van der Waals surface area contributed by atoms with Crippen molar-refractivity contribution in [2.24, 2.45) is 9.98 Å². The summed E-state index contributed by atoms with van der Waals surface area (Å²) >= 11 is 0. The first kappa shape index (κ1) is 15.3. The van der Waals surface area contributed by atoms with Gasteiger partial charge in [0, 0.05) is 20.6 Å². The van der Waals surface area contributed by atoms with Crippen molar-refractivity contribution in [2.75, 3.05) is 27.5 Å². The molecule has 18 heavy (non-hydrogen) atoms. The molecule has 0 saturated heterocycles. The highest BCUT2D eigenvalue weighted by Crippen LogP contribution is 2.07. The minimum Gasteiger partial charge on any atom is -0.393 e. The number of aliphatic imine (C=N–C) groups is 2. The van der Waals surface area contributed by atoms with E-state index in [4.69, 9.17) is 9.16 Å². The fraction of sp³-hybridized carbons (Fsp3) is 0.818. The molecule has 7 heteroatoms. The largest absolute Gasteiger partial charge is 0.393 e. The fourth-order valence-electron chi connectivity index (χ4n) is 1.60. The van der Waals surface area contributed by atoms with Crippen LogP contribution in [0.4, 0.5) is 0 Å². The van der Waals surface area contributed by atoms with Crippen molar-refractivity contribution in [3.8, 4) is 0 Å². The quantitative estimate of drug-likeness (QED) is 0.386. The van der Waals surface area contributed by atoms with Crippen molar-refractivity contribution in [2.45, 2.75) is 33.0 Å². The zero-order chi connectivity index (χ0) is 13.4. The number of ether oxygens (including phenoxy) is 1. The second-order valence-corrected chi connectivity index (χ2v) is 5.45. The van der Waals surface area contributed by atoms with E-state index < -0.39 is 9.76 Å². The van der Waals surface area contributed by atoms with Gasteiger partial charge in [-0.3, -0.25) is 5.32 Å². The van der Waals surface area contributed by atoms with E-state index in [1.807, 2.05) is 7.05 Å². The number of amidine groups is 2. The SMILES string of the molecule is CCCNC1N=C(CC)N=C([SiH2]OCOC)N1C. The number of rotatable bonds is 8. The zero-order valence-electron chi connectivity index (χ0n) is 11.8. The van der Waals surface area contributed by atoms with Gasteiger partial charge in [0.05, 0.1) is 0 Å². The average molecular weight is 272 g/mol. The Labute approximate surface area is 111 Å². The number of hydrogen-bond donors (Lipinski definition) is 1. The molecule has 0 fully saturated rings. The second-order valence-electron chi connectivity index (χ2n) is 4.12. The monoisotopic (exact) mass is 272 g/mol. The maximum atomic E-state index is 5.50. The van der Waals surface area contributed by atoms with Gasteiger partial charge in [-0.05, 0) is 13.0 Å². The molecule has 1 N–H and O–H groups in total. The molecule has 0 aromatic carbocycles. The Kier molecular flexibility index (Phi) is 7.10. The van der Waals surface area contributed by atoms with Crippen LogP contribution in [0.3, 0.4) is 0 Å². The Balaban J connectivity index is 2.63. The van der Waals surface area contributed by atoms with Crippen molar-refractivity contribution in [1.29, 1.82) is 0 Å². The molecule has 1 heterocycles. The highest BCUT2D eigenvalue weighted by atomic mass is 28.2. The first-order valence-corrected chi connectivity index (χ1v) is 7.68. The molecule has 1 rings (SSSR count). The summed E-state index contributed by atoms with van der Waals surface area (Å²) in [5.74, 6) is 0.894. The fourth-order valence-corrected chi connectivity index (χ4v) is 2.66. The lowest BCUT2D eigenvalue weighted by atomic mass is 10.4. The summed E-state index contributed by atoms with van der Waals surface area (Å²) in [6.45, 7) is 5.50. The number of nitrogens with zero attached hydrogens (tertiary/aromatic N) is 3. The van der Waals surface area contributed by atoms with E-state index in [0.717, 1.165) is 30.7 Å². The summed E-state index contributed by atoms with van der Waals surface area (Å²) in [5.41, 5.74) is 1.02. The summed E-state index contributed by atoms with van der Waals surface area (Å²) < 4.78 is 10.4. The average Bonchev–Trinajstić information content (AvgIpc) is 2.39. The van der Waals surface area contributed by atoms with E-state index in [9.17, 15) is 0 Å². The van der Waals surface area contributed by atoms with Gasteiger partial charge < -0.3 is 14.1 Å². The molecule has 1 unspecified atom stereocenters. The topological polar surface area (TPSA) is 58.5 Å². The van der Waals surface area contributed by atoms with E-state index in [1.165, 1.54) is 0 Å². The molecule has 0 spiro atoms. The van der Waals surface area contributed by atoms with E-state index in [0.29, 0.717) is 6.79 Å². The van der Waals surface area contributed by atoms with Crippen LogP contribution in [0.5, 0.6) is 0 Å². The van der Waals surface area contributed by atoms with Crippen LogP contribution in [0.2, 0.25) is 0 Å². The predicted molar refractivity (Wildman–Crippen MR) is 76.5 cm³/mol. The van der Waals surface area contributed by atoms with Gasteiger partial charge >= 0.3 is 0 Å². The summed E-state index contributed by atoms with van der Waals surface area (Å²) in [5, 5.41) is 3.40. The van der Waals surface area contributed by atoms with Crippen molar-refractivity contribution in [3.05, 3.63) is 0 Å². The third kappa shape index (κ3) is 4.49. The standard InChI is InChI=1S/C11H24N4O2Si/c1-5-7-12-10-13-9(6-2)14-11(15(10)3)18-17-8-16-4/h10,12H,5-8,18H2,1-4H3. The second kappa shape index (κ2) is 8.36. The molecule has 0 aliphatic carbocycles. The molecular weight excluding hydrogens is 248 g/mol. The van der Waals surface area contributed by atoms with Gasteiger partial charge in [-0.2, -0.15) is 0 Å². The lowest BCUT2D eigenvalue weighted by Gasteiger charge is -2.32. The summed E-state index contributed by atoms with van der Waals surface area (Å²) in [7, 11) is 2.78. The summed E-state index contributed by atoms with van der Waals surface area (Å²) in [6.07, 6.45) is 1.93. The van der Waals surface area contributed by atoms with Gasteiger partial charge in [0.1, 0.15) is 18.1 Å². The first-order chi connectivity index (χ1) is 8.72. The molecule has 0 radical (unpaired) electrons. The Hall–Kier alpha value is -0.763. The first-order valence-electron chi connectivity index (χ1n) is 6.40. The molecule has 0 aromatic rings. The van der Waals surface area contributed by atoms with Gasteiger partial charge in [0.2, 0.25) is 9.76 Å². The minimum atomic E-state index is -0.859. The van der Waals surface area contributed by atoms with Crippen LogP contribution in [-0.2, 0) is 9.16 Å². The minimum absolute atomic E-state index is 0.00829. The maximum Gasteiger partial charge on any atom is 0.236 e. The van der Waals surface area contributed by atoms with Crippen LogP contribution in [0.25, 0.3) is 0 Å². The molecule has 1 aliphatic heterocycles. The van der Waals surface area contributed by atoms with Crippen LogP contribution in [0.1, 0.15) is 26.7 Å². The third-order valence-corrected chi connectivity index (χ3v) is 3.91. The molecule has 6 nitrogen and oxygen atoms in total. The van der Waals surface area contributed by atoms with Crippen LogP contribution in [-0.4, -0.2) is 59.7 Å².